The van der Waals surface area contributed by atoms with Gasteiger partial charge in [0.25, 0.3) is 5.91 Å². The Balaban J connectivity index is 2.00. The maximum atomic E-state index is 13.3. The van der Waals surface area contributed by atoms with Crippen molar-refractivity contribution in [3.05, 3.63) is 89.3 Å². The molecule has 27 heavy (non-hydrogen) atoms. The Morgan fingerprint density at radius 1 is 1.11 bits per heavy atom. The van der Waals surface area contributed by atoms with Crippen LogP contribution in [0.15, 0.2) is 60.9 Å². The molecule has 1 unspecified atom stereocenters. The fourth-order valence-corrected chi connectivity index (χ4v) is 2.74. The topological polar surface area (TPSA) is 46.9 Å². The number of halogens is 4. The Morgan fingerprint density at radius 2 is 1.78 bits per heavy atom. The highest BCUT2D eigenvalue weighted by Gasteiger charge is 2.35. The maximum Gasteiger partial charge on any atom is 0.417 e. The highest BCUT2D eigenvalue weighted by molar-refractivity contribution is 5.96. The number of benzene rings is 2. The molecule has 0 aliphatic heterocycles. The van der Waals surface area contributed by atoms with Crippen LogP contribution in [-0.2, 0) is 13.2 Å². The molecule has 0 bridgehead atoms. The van der Waals surface area contributed by atoms with Crippen molar-refractivity contribution < 1.29 is 22.4 Å². The molecule has 0 spiro atoms. The summed E-state index contributed by atoms with van der Waals surface area (Å²) >= 11 is 0. The fraction of sp³-hybridized carbons (Fsp3) is 0.158. The number of aromatic nitrogens is 2. The van der Waals surface area contributed by atoms with Gasteiger partial charge in [-0.05, 0) is 29.8 Å². The number of hydrogen-bond donors (Lipinski definition) is 1. The predicted octanol–water partition coefficient (Wildman–Crippen LogP) is 4.10. The molecule has 3 aromatic rings. The molecule has 1 amide bonds. The van der Waals surface area contributed by atoms with Crippen molar-refractivity contribution in [1.29, 1.82) is 0 Å². The summed E-state index contributed by atoms with van der Waals surface area (Å²) < 4.78 is 54.5. The van der Waals surface area contributed by atoms with Gasteiger partial charge in [0.15, 0.2) is 0 Å². The van der Waals surface area contributed by atoms with Crippen LogP contribution in [0.1, 0.15) is 33.4 Å². The third kappa shape index (κ3) is 3.99. The van der Waals surface area contributed by atoms with Gasteiger partial charge in [-0.3, -0.25) is 4.79 Å². The van der Waals surface area contributed by atoms with Gasteiger partial charge >= 0.3 is 6.18 Å². The predicted molar refractivity (Wildman–Crippen MR) is 90.4 cm³/mol. The summed E-state index contributed by atoms with van der Waals surface area (Å²) in [6, 6.07) is 9.01. The summed E-state index contributed by atoms with van der Waals surface area (Å²) in [5.74, 6) is -0.967. The Hall–Kier alpha value is -3.16. The van der Waals surface area contributed by atoms with Gasteiger partial charge in [-0.15, -0.1) is 0 Å². The minimum Gasteiger partial charge on any atom is -0.338 e. The number of rotatable bonds is 4. The summed E-state index contributed by atoms with van der Waals surface area (Å²) in [6.07, 6.45) is -1.52. The lowest BCUT2D eigenvalue weighted by atomic mass is 10.0. The SMILES string of the molecule is Cn1ccnc1C(NC(=O)c1ccccc1C(F)(F)F)c1ccc(F)cc1. The molecule has 0 radical (unpaired) electrons. The number of nitrogens with one attached hydrogen (secondary N) is 1. The van der Waals surface area contributed by atoms with E-state index in [0.717, 1.165) is 12.1 Å². The van der Waals surface area contributed by atoms with E-state index in [1.165, 1.54) is 42.6 Å². The van der Waals surface area contributed by atoms with E-state index in [-0.39, 0.29) is 0 Å². The molecular formula is C19H15F4N3O. The molecule has 140 valence electrons. The van der Waals surface area contributed by atoms with Gasteiger partial charge in [-0.25, -0.2) is 9.37 Å². The van der Waals surface area contributed by atoms with E-state index in [1.54, 1.807) is 17.8 Å². The third-order valence-corrected chi connectivity index (χ3v) is 4.07. The first-order valence-corrected chi connectivity index (χ1v) is 7.97. The quantitative estimate of drug-likeness (QED) is 0.696. The number of hydrogen-bond acceptors (Lipinski definition) is 2. The van der Waals surface area contributed by atoms with Crippen LogP contribution in [0.25, 0.3) is 0 Å². The van der Waals surface area contributed by atoms with Crippen LogP contribution >= 0.6 is 0 Å². The van der Waals surface area contributed by atoms with E-state index in [0.29, 0.717) is 11.4 Å². The largest absolute Gasteiger partial charge is 0.417 e. The van der Waals surface area contributed by atoms with Crippen molar-refractivity contribution in [2.24, 2.45) is 7.05 Å². The number of aryl methyl sites for hydroxylation is 1. The molecule has 4 nitrogen and oxygen atoms in total. The van der Waals surface area contributed by atoms with Crippen LogP contribution in [-0.4, -0.2) is 15.5 Å². The van der Waals surface area contributed by atoms with Crippen LogP contribution in [0, 0.1) is 5.82 Å². The average molecular weight is 377 g/mol. The van der Waals surface area contributed by atoms with Gasteiger partial charge in [0, 0.05) is 19.4 Å². The Bertz CT molecular complexity index is 948. The van der Waals surface area contributed by atoms with Crippen molar-refractivity contribution >= 4 is 5.91 Å². The Kier molecular flexibility index (Phi) is 4.98. The highest BCUT2D eigenvalue weighted by Crippen LogP contribution is 2.32. The van der Waals surface area contributed by atoms with Gasteiger partial charge < -0.3 is 9.88 Å². The summed E-state index contributed by atoms with van der Waals surface area (Å²) in [7, 11) is 1.69. The van der Waals surface area contributed by atoms with Crippen LogP contribution in [0.3, 0.4) is 0 Å². The second-order valence-electron chi connectivity index (χ2n) is 5.90. The minimum atomic E-state index is -4.66. The minimum absolute atomic E-state index is 0.402. The number of amides is 1. The highest BCUT2D eigenvalue weighted by atomic mass is 19.4. The molecular weight excluding hydrogens is 362 g/mol. The molecule has 0 aliphatic carbocycles. The fourth-order valence-electron chi connectivity index (χ4n) is 2.74. The first-order chi connectivity index (χ1) is 12.8. The van der Waals surface area contributed by atoms with Crippen LogP contribution in [0.4, 0.5) is 17.6 Å². The zero-order valence-corrected chi connectivity index (χ0v) is 14.2. The summed E-state index contributed by atoms with van der Waals surface area (Å²) in [6.45, 7) is 0. The van der Waals surface area contributed by atoms with E-state index < -0.39 is 35.1 Å². The van der Waals surface area contributed by atoms with Crippen LogP contribution in [0.5, 0.6) is 0 Å². The zero-order valence-electron chi connectivity index (χ0n) is 14.2. The summed E-state index contributed by atoms with van der Waals surface area (Å²) in [5, 5.41) is 2.58. The van der Waals surface area contributed by atoms with Crippen molar-refractivity contribution in [3.63, 3.8) is 0 Å². The standard InChI is InChI=1S/C19H15F4N3O/c1-26-11-10-24-17(26)16(12-6-8-13(20)9-7-12)25-18(27)14-4-2-3-5-15(14)19(21,22)23/h2-11,16H,1H3,(H,25,27). The molecule has 3 rings (SSSR count). The molecule has 0 saturated carbocycles. The van der Waals surface area contributed by atoms with Crippen molar-refractivity contribution in [2.45, 2.75) is 12.2 Å². The molecule has 1 atom stereocenters. The molecule has 2 aromatic carbocycles. The lowest BCUT2D eigenvalue weighted by Crippen LogP contribution is -2.32. The first-order valence-electron chi connectivity index (χ1n) is 7.97. The van der Waals surface area contributed by atoms with Crippen molar-refractivity contribution in [1.82, 2.24) is 14.9 Å². The average Bonchev–Trinajstić information content (AvgIpc) is 3.05. The van der Waals surface area contributed by atoms with Gasteiger partial charge in [0.1, 0.15) is 17.7 Å². The van der Waals surface area contributed by atoms with Crippen molar-refractivity contribution in [2.75, 3.05) is 0 Å². The second-order valence-corrected chi connectivity index (χ2v) is 5.90. The zero-order chi connectivity index (χ0) is 19.6. The second kappa shape index (κ2) is 7.22. The molecule has 0 saturated heterocycles. The van der Waals surface area contributed by atoms with E-state index in [2.05, 4.69) is 10.3 Å². The molecule has 1 N–H and O–H groups in total. The third-order valence-electron chi connectivity index (χ3n) is 4.07. The van der Waals surface area contributed by atoms with Gasteiger partial charge in [0.05, 0.1) is 11.1 Å². The Morgan fingerprint density at radius 3 is 2.37 bits per heavy atom. The van der Waals surface area contributed by atoms with E-state index in [9.17, 15) is 22.4 Å². The molecule has 1 heterocycles. The lowest BCUT2D eigenvalue weighted by molar-refractivity contribution is -0.137. The van der Waals surface area contributed by atoms with E-state index >= 15 is 0 Å². The molecule has 1 aromatic heterocycles. The maximum absolute atomic E-state index is 13.3. The summed E-state index contributed by atoms with van der Waals surface area (Å²) in [5.41, 5.74) is -1.03. The molecule has 8 heteroatoms. The van der Waals surface area contributed by atoms with Crippen molar-refractivity contribution in [3.8, 4) is 0 Å². The molecule has 0 fully saturated rings. The monoisotopic (exact) mass is 377 g/mol. The lowest BCUT2D eigenvalue weighted by Gasteiger charge is -2.20. The number of imidazole rings is 1. The van der Waals surface area contributed by atoms with Crippen LogP contribution in [0.2, 0.25) is 0 Å². The van der Waals surface area contributed by atoms with Gasteiger partial charge in [-0.1, -0.05) is 24.3 Å². The van der Waals surface area contributed by atoms with E-state index in [1.807, 2.05) is 0 Å². The number of nitrogens with zero attached hydrogens (tertiary/aromatic N) is 2. The smallest absolute Gasteiger partial charge is 0.338 e. The number of carbonyl (C=O) groups excluding carboxylic acids is 1. The first kappa shape index (κ1) is 18.6. The summed E-state index contributed by atoms with van der Waals surface area (Å²) in [4.78, 5) is 16.8. The van der Waals surface area contributed by atoms with Gasteiger partial charge in [-0.2, -0.15) is 13.2 Å². The number of carbonyl (C=O) groups is 1. The van der Waals surface area contributed by atoms with Gasteiger partial charge in [0.2, 0.25) is 0 Å². The molecule has 0 aliphatic rings. The van der Waals surface area contributed by atoms with Crippen LogP contribution < -0.4 is 5.32 Å². The Labute approximate surface area is 152 Å². The number of alkyl halides is 3. The van der Waals surface area contributed by atoms with E-state index in [4.69, 9.17) is 0 Å². The normalized spacial score (nSPS) is 12.6.